The van der Waals surface area contributed by atoms with Crippen molar-refractivity contribution in [1.82, 2.24) is 0 Å². The summed E-state index contributed by atoms with van der Waals surface area (Å²) in [5.74, 6) is -1.07. The number of carbonyl (C=O) groups excluding carboxylic acids is 2. The van der Waals surface area contributed by atoms with E-state index in [-0.39, 0.29) is 5.69 Å². The zero-order valence-corrected chi connectivity index (χ0v) is 13.2. The summed E-state index contributed by atoms with van der Waals surface area (Å²) >= 11 is 0. The highest BCUT2D eigenvalue weighted by Crippen LogP contribution is 2.23. The average Bonchev–Trinajstić information content (AvgIpc) is 2.59. The minimum absolute atomic E-state index is 0.103. The first-order chi connectivity index (χ1) is 11.5. The zero-order chi connectivity index (χ0) is 17.5. The fourth-order valence-electron chi connectivity index (χ4n) is 2.09. The minimum Gasteiger partial charge on any atom is -0.453 e. The van der Waals surface area contributed by atoms with Gasteiger partial charge in [0, 0.05) is 12.8 Å². The summed E-state index contributed by atoms with van der Waals surface area (Å²) < 4.78 is 23.3. The Labute approximate surface area is 138 Å². The molecule has 0 aliphatic rings. The van der Waals surface area contributed by atoms with Gasteiger partial charge in [-0.25, -0.2) is 9.18 Å². The predicted molar refractivity (Wildman–Crippen MR) is 87.2 cm³/mol. The summed E-state index contributed by atoms with van der Waals surface area (Å²) in [6.45, 7) is 0. The van der Waals surface area contributed by atoms with Crippen LogP contribution in [-0.2, 0) is 14.3 Å². The molecule has 2 rings (SSSR count). The molecule has 0 heterocycles. The molecule has 0 unspecified atom stereocenters. The van der Waals surface area contributed by atoms with E-state index in [1.807, 2.05) is 6.07 Å². The highest BCUT2D eigenvalue weighted by atomic mass is 19.1. The molecule has 0 aromatic heterocycles. The van der Waals surface area contributed by atoms with Gasteiger partial charge in [0.1, 0.15) is 5.82 Å². The summed E-state index contributed by atoms with van der Waals surface area (Å²) in [7, 11) is 2.59. The van der Waals surface area contributed by atoms with Crippen LogP contribution in [-0.4, -0.2) is 26.2 Å². The molecule has 0 aliphatic heterocycles. The van der Waals surface area contributed by atoms with Crippen molar-refractivity contribution in [3.8, 4) is 0 Å². The number of nitrogens with one attached hydrogen (secondary N) is 2. The molecule has 7 heteroatoms. The summed E-state index contributed by atoms with van der Waals surface area (Å²) in [5, 5.41) is 4.86. The van der Waals surface area contributed by atoms with Crippen molar-refractivity contribution < 1.29 is 23.5 Å². The summed E-state index contributed by atoms with van der Waals surface area (Å²) in [4.78, 5) is 23.6. The molecule has 0 fully saturated rings. The van der Waals surface area contributed by atoms with E-state index in [2.05, 4.69) is 15.4 Å². The first-order valence-corrected chi connectivity index (χ1v) is 7.08. The van der Waals surface area contributed by atoms with E-state index in [4.69, 9.17) is 4.74 Å². The van der Waals surface area contributed by atoms with Crippen LogP contribution in [0.15, 0.2) is 48.5 Å². The molecule has 0 saturated heterocycles. The van der Waals surface area contributed by atoms with Crippen molar-refractivity contribution in [3.63, 3.8) is 0 Å². The Bertz CT molecular complexity index is 722. The van der Waals surface area contributed by atoms with Crippen LogP contribution in [0.25, 0.3) is 0 Å². The van der Waals surface area contributed by atoms with Gasteiger partial charge in [0.25, 0.3) is 5.91 Å². The molecule has 1 atom stereocenters. The van der Waals surface area contributed by atoms with Gasteiger partial charge in [0.05, 0.1) is 12.8 Å². The second-order valence-corrected chi connectivity index (χ2v) is 4.83. The molecule has 2 amide bonds. The number of anilines is 2. The maximum atomic E-state index is 13.7. The number of benzene rings is 2. The van der Waals surface area contributed by atoms with Crippen LogP contribution < -0.4 is 10.6 Å². The van der Waals surface area contributed by atoms with Crippen molar-refractivity contribution in [2.75, 3.05) is 24.9 Å². The third-order valence-corrected chi connectivity index (χ3v) is 3.23. The third-order valence-electron chi connectivity index (χ3n) is 3.23. The molecular formula is C17H17FN2O4. The number of amides is 2. The Morgan fingerprint density at radius 2 is 1.75 bits per heavy atom. The predicted octanol–water partition coefficient (Wildman–Crippen LogP) is 3.33. The highest BCUT2D eigenvalue weighted by molar-refractivity contribution is 5.96. The molecule has 0 saturated carbocycles. The Morgan fingerprint density at radius 3 is 2.38 bits per heavy atom. The van der Waals surface area contributed by atoms with Crippen LogP contribution in [0.2, 0.25) is 0 Å². The Kier molecular flexibility index (Phi) is 5.86. The molecule has 2 N–H and O–H groups in total. The standard InChI is InChI=1S/C17H17FN2O4/c1-23-15(11-6-4-3-5-7-11)16(21)19-12-8-9-13(18)14(10-12)20-17(22)24-2/h3-10,15H,1-2H3,(H,19,21)(H,20,22)/t15-/m0/s1. The van der Waals surface area contributed by atoms with E-state index < -0.39 is 23.9 Å². The summed E-state index contributed by atoms with van der Waals surface area (Å²) in [6.07, 6.45) is -1.62. The molecule has 2 aromatic rings. The molecular weight excluding hydrogens is 315 g/mol. The number of hydrogen-bond acceptors (Lipinski definition) is 4. The van der Waals surface area contributed by atoms with E-state index in [0.717, 1.165) is 6.07 Å². The molecule has 6 nitrogen and oxygen atoms in total. The minimum atomic E-state index is -0.812. The third kappa shape index (κ3) is 4.30. The van der Waals surface area contributed by atoms with E-state index in [9.17, 15) is 14.0 Å². The summed E-state index contributed by atoms with van der Waals surface area (Å²) in [5.41, 5.74) is 0.895. The first-order valence-electron chi connectivity index (χ1n) is 7.08. The van der Waals surface area contributed by atoms with Gasteiger partial charge in [-0.1, -0.05) is 30.3 Å². The van der Waals surface area contributed by atoms with Gasteiger partial charge < -0.3 is 14.8 Å². The van der Waals surface area contributed by atoms with Crippen molar-refractivity contribution in [3.05, 3.63) is 59.9 Å². The normalized spacial score (nSPS) is 11.5. The first kappa shape index (κ1) is 17.4. The van der Waals surface area contributed by atoms with Crippen LogP contribution in [0, 0.1) is 5.82 Å². The van der Waals surface area contributed by atoms with Gasteiger partial charge >= 0.3 is 6.09 Å². The topological polar surface area (TPSA) is 76.7 Å². The number of hydrogen-bond donors (Lipinski definition) is 2. The van der Waals surface area contributed by atoms with Crippen LogP contribution in [0.4, 0.5) is 20.6 Å². The SMILES string of the molecule is COC(=O)Nc1cc(NC(=O)[C@@H](OC)c2ccccc2)ccc1F. The molecule has 0 spiro atoms. The van der Waals surface area contributed by atoms with E-state index in [1.54, 1.807) is 24.3 Å². The van der Waals surface area contributed by atoms with Gasteiger partial charge in [0.15, 0.2) is 6.10 Å². The van der Waals surface area contributed by atoms with Crippen molar-refractivity contribution in [2.45, 2.75) is 6.10 Å². The van der Waals surface area contributed by atoms with Gasteiger partial charge in [-0.2, -0.15) is 0 Å². The lowest BCUT2D eigenvalue weighted by Crippen LogP contribution is -2.22. The number of halogens is 1. The molecule has 0 aliphatic carbocycles. The second-order valence-electron chi connectivity index (χ2n) is 4.83. The Balaban J connectivity index is 2.16. The molecule has 2 aromatic carbocycles. The van der Waals surface area contributed by atoms with Gasteiger partial charge in [-0.05, 0) is 23.8 Å². The van der Waals surface area contributed by atoms with Crippen LogP contribution >= 0.6 is 0 Å². The molecule has 24 heavy (non-hydrogen) atoms. The quantitative estimate of drug-likeness (QED) is 0.880. The smallest absolute Gasteiger partial charge is 0.411 e. The molecule has 0 radical (unpaired) electrons. The monoisotopic (exact) mass is 332 g/mol. The number of methoxy groups -OCH3 is 2. The van der Waals surface area contributed by atoms with E-state index >= 15 is 0 Å². The number of ether oxygens (including phenoxy) is 2. The second kappa shape index (κ2) is 8.07. The average molecular weight is 332 g/mol. The highest BCUT2D eigenvalue weighted by Gasteiger charge is 2.20. The van der Waals surface area contributed by atoms with Crippen LogP contribution in [0.1, 0.15) is 11.7 Å². The van der Waals surface area contributed by atoms with Gasteiger partial charge in [-0.3, -0.25) is 10.1 Å². The van der Waals surface area contributed by atoms with Gasteiger partial charge in [-0.15, -0.1) is 0 Å². The Morgan fingerprint density at radius 1 is 1.04 bits per heavy atom. The van der Waals surface area contributed by atoms with E-state index in [0.29, 0.717) is 11.3 Å². The fourth-order valence-corrected chi connectivity index (χ4v) is 2.09. The molecule has 126 valence electrons. The van der Waals surface area contributed by atoms with Gasteiger partial charge in [0.2, 0.25) is 0 Å². The van der Waals surface area contributed by atoms with Crippen LogP contribution in [0.5, 0.6) is 0 Å². The molecule has 0 bridgehead atoms. The maximum absolute atomic E-state index is 13.7. The fraction of sp³-hybridized carbons (Fsp3) is 0.176. The van der Waals surface area contributed by atoms with Crippen molar-refractivity contribution in [2.24, 2.45) is 0 Å². The maximum Gasteiger partial charge on any atom is 0.411 e. The van der Waals surface area contributed by atoms with Crippen molar-refractivity contribution in [1.29, 1.82) is 0 Å². The number of rotatable bonds is 5. The number of carbonyl (C=O) groups is 2. The lowest BCUT2D eigenvalue weighted by Gasteiger charge is -2.16. The zero-order valence-electron chi connectivity index (χ0n) is 13.2. The van der Waals surface area contributed by atoms with E-state index in [1.165, 1.54) is 26.4 Å². The Hall–Kier alpha value is -2.93. The largest absolute Gasteiger partial charge is 0.453 e. The lowest BCUT2D eigenvalue weighted by atomic mass is 10.1. The lowest BCUT2D eigenvalue weighted by molar-refractivity contribution is -0.126. The van der Waals surface area contributed by atoms with Crippen molar-refractivity contribution >= 4 is 23.4 Å². The summed E-state index contributed by atoms with van der Waals surface area (Å²) in [6, 6.07) is 12.8. The van der Waals surface area contributed by atoms with Crippen LogP contribution in [0.3, 0.4) is 0 Å².